The molecular weight excluding hydrogens is 689 g/mol. The van der Waals surface area contributed by atoms with Crippen LogP contribution >= 0.6 is 22.7 Å². The van der Waals surface area contributed by atoms with Crippen molar-refractivity contribution in [1.29, 1.82) is 0 Å². The van der Waals surface area contributed by atoms with Crippen molar-refractivity contribution >= 4 is 107 Å². The molecule has 0 saturated heterocycles. The van der Waals surface area contributed by atoms with Crippen LogP contribution < -0.4 is 10.4 Å². The first-order chi connectivity index (χ1) is 26.8. The van der Waals surface area contributed by atoms with Crippen LogP contribution in [-0.4, -0.2) is 0 Å². The third-order valence-electron chi connectivity index (χ3n) is 11.7. The minimum absolute atomic E-state index is 0.306. The Morgan fingerprint density at radius 3 is 1.85 bits per heavy atom. The van der Waals surface area contributed by atoms with Crippen LogP contribution in [0, 0.1) is 0 Å². The van der Waals surface area contributed by atoms with Crippen molar-refractivity contribution in [3.63, 3.8) is 0 Å². The molecule has 2 heterocycles. The van der Waals surface area contributed by atoms with Gasteiger partial charge in [-0.05, 0) is 102 Å². The Bertz CT molecular complexity index is 3430. The second-order valence-corrected chi connectivity index (χ2v) is 16.8. The summed E-state index contributed by atoms with van der Waals surface area (Å²) in [4.78, 5) is 0. The molecule has 11 aromatic rings. The van der Waals surface area contributed by atoms with E-state index in [2.05, 4.69) is 176 Å². The van der Waals surface area contributed by atoms with Gasteiger partial charge in [-0.15, -0.1) is 22.7 Å². The lowest BCUT2D eigenvalue weighted by molar-refractivity contribution is 0.940. The van der Waals surface area contributed by atoms with E-state index in [0.29, 0.717) is 5.92 Å². The fraction of sp³-hybridized carbons (Fsp3) is 0.0385. The lowest BCUT2D eigenvalue weighted by Gasteiger charge is -2.23. The van der Waals surface area contributed by atoms with Crippen molar-refractivity contribution in [1.82, 2.24) is 0 Å². The molecule has 1 atom stereocenters. The molecule has 2 heteroatoms. The van der Waals surface area contributed by atoms with Gasteiger partial charge in [-0.25, -0.2) is 0 Å². The fourth-order valence-corrected chi connectivity index (χ4v) is 11.9. The zero-order chi connectivity index (χ0) is 35.3. The van der Waals surface area contributed by atoms with E-state index in [0.717, 1.165) is 6.42 Å². The predicted octanol–water partition coefficient (Wildman–Crippen LogP) is 14.0. The van der Waals surface area contributed by atoms with Gasteiger partial charge in [-0.3, -0.25) is 0 Å². The molecule has 2 aromatic heterocycles. The minimum atomic E-state index is 0.306. The van der Waals surface area contributed by atoms with E-state index >= 15 is 0 Å². The van der Waals surface area contributed by atoms with Crippen LogP contribution in [0.25, 0.3) is 107 Å². The normalized spacial score (nSPS) is 14.3. The lowest BCUT2D eigenvalue weighted by Crippen LogP contribution is -2.27. The van der Waals surface area contributed by atoms with Crippen molar-refractivity contribution in [3.8, 4) is 22.3 Å². The van der Waals surface area contributed by atoms with E-state index in [1.54, 1.807) is 0 Å². The maximum absolute atomic E-state index is 2.49. The average Bonchev–Trinajstić information content (AvgIpc) is 3.79. The first kappa shape index (κ1) is 30.4. The molecule has 0 aliphatic heterocycles. The van der Waals surface area contributed by atoms with Crippen LogP contribution in [0.4, 0.5) is 0 Å². The quantitative estimate of drug-likeness (QED) is 0.159. The SMILES string of the molecule is C1=c2ccccc2=CC(c2c3ccccc3c(-c3cccc(-c4cc5c6ccccc6sc5c5c4sc4cc6ccccc6cc45)c3)c3ccccc23)C1. The van der Waals surface area contributed by atoms with Gasteiger partial charge in [0.15, 0.2) is 0 Å². The topological polar surface area (TPSA) is 0 Å². The highest BCUT2D eigenvalue weighted by Gasteiger charge is 2.22. The minimum Gasteiger partial charge on any atom is -0.134 e. The van der Waals surface area contributed by atoms with E-state index in [9.17, 15) is 0 Å². The Morgan fingerprint density at radius 1 is 0.426 bits per heavy atom. The van der Waals surface area contributed by atoms with Crippen LogP contribution in [0.15, 0.2) is 164 Å². The first-order valence-electron chi connectivity index (χ1n) is 18.8. The summed E-state index contributed by atoms with van der Waals surface area (Å²) in [6, 6.07) is 61.4. The van der Waals surface area contributed by atoms with Gasteiger partial charge < -0.3 is 0 Å². The number of rotatable bonds is 3. The second kappa shape index (κ2) is 11.7. The van der Waals surface area contributed by atoms with E-state index in [-0.39, 0.29) is 0 Å². The van der Waals surface area contributed by atoms with E-state index < -0.39 is 0 Å². The molecule has 0 saturated carbocycles. The zero-order valence-electron chi connectivity index (χ0n) is 29.3. The highest BCUT2D eigenvalue weighted by molar-refractivity contribution is 7.30. The second-order valence-electron chi connectivity index (χ2n) is 14.7. The Morgan fingerprint density at radius 2 is 1.06 bits per heavy atom. The molecular formula is C52H32S2. The maximum Gasteiger partial charge on any atom is 0.0449 e. The molecule has 0 fully saturated rings. The van der Waals surface area contributed by atoms with Crippen molar-refractivity contribution in [3.05, 3.63) is 180 Å². The zero-order valence-corrected chi connectivity index (χ0v) is 31.0. The van der Waals surface area contributed by atoms with Gasteiger partial charge in [0.05, 0.1) is 0 Å². The van der Waals surface area contributed by atoms with Crippen molar-refractivity contribution in [2.24, 2.45) is 0 Å². The molecule has 0 nitrogen and oxygen atoms in total. The molecule has 54 heavy (non-hydrogen) atoms. The molecule has 0 radical (unpaired) electrons. The van der Waals surface area contributed by atoms with Gasteiger partial charge >= 0.3 is 0 Å². The summed E-state index contributed by atoms with van der Waals surface area (Å²) in [5.41, 5.74) is 6.57. The molecule has 0 spiro atoms. The Hall–Kier alpha value is -6.06. The first-order valence-corrected chi connectivity index (χ1v) is 20.4. The maximum atomic E-state index is 2.49. The summed E-state index contributed by atoms with van der Waals surface area (Å²) in [7, 11) is 0. The van der Waals surface area contributed by atoms with E-state index in [4.69, 9.17) is 0 Å². The van der Waals surface area contributed by atoms with Gasteiger partial charge in [0.2, 0.25) is 0 Å². The summed E-state index contributed by atoms with van der Waals surface area (Å²) >= 11 is 3.88. The number of hydrogen-bond acceptors (Lipinski definition) is 2. The highest BCUT2D eigenvalue weighted by atomic mass is 32.1. The summed E-state index contributed by atoms with van der Waals surface area (Å²) in [5, 5.41) is 16.0. The molecule has 0 amide bonds. The van der Waals surface area contributed by atoms with Gasteiger partial charge in [-0.2, -0.15) is 0 Å². The van der Waals surface area contributed by atoms with Crippen molar-refractivity contribution < 1.29 is 0 Å². The fourth-order valence-electron chi connectivity index (χ4n) is 9.32. The van der Waals surface area contributed by atoms with Crippen LogP contribution in [0.5, 0.6) is 0 Å². The number of fused-ring (bicyclic) bond motifs is 11. The van der Waals surface area contributed by atoms with Gasteiger partial charge in [0.1, 0.15) is 0 Å². The van der Waals surface area contributed by atoms with Crippen molar-refractivity contribution in [2.45, 2.75) is 12.3 Å². The van der Waals surface area contributed by atoms with Crippen molar-refractivity contribution in [2.75, 3.05) is 0 Å². The molecule has 1 unspecified atom stereocenters. The van der Waals surface area contributed by atoms with Crippen LogP contribution in [0.3, 0.4) is 0 Å². The van der Waals surface area contributed by atoms with Gasteiger partial charge in [-0.1, -0.05) is 146 Å². The highest BCUT2D eigenvalue weighted by Crippen LogP contribution is 2.50. The van der Waals surface area contributed by atoms with E-state index in [1.807, 2.05) is 22.7 Å². The van der Waals surface area contributed by atoms with Crippen LogP contribution in [-0.2, 0) is 0 Å². The number of hydrogen-bond donors (Lipinski definition) is 0. The van der Waals surface area contributed by atoms with Gasteiger partial charge in [0.25, 0.3) is 0 Å². The molecule has 252 valence electrons. The summed E-state index contributed by atoms with van der Waals surface area (Å²) < 4.78 is 5.44. The Balaban J connectivity index is 1.13. The molecule has 1 aliphatic rings. The standard InChI is InChI=1S/C52H32S2/c1-2-13-32-26-37(25-24-31(32)12-1)49-41-21-7-5-19-39(41)48(40-20-6-8-22-42(40)49)36-17-11-16-35(27-36)43-30-44-38-18-9-10-23-46(38)53-52(44)50-45-28-33-14-3-4-15-34(33)29-47(45)54-51(43)50/h1-24,26-30,37H,25H2. The average molecular weight is 721 g/mol. The van der Waals surface area contributed by atoms with Crippen LogP contribution in [0.2, 0.25) is 0 Å². The Kier molecular flexibility index (Phi) is 6.60. The van der Waals surface area contributed by atoms with E-state index in [1.165, 1.54) is 111 Å². The monoisotopic (exact) mass is 720 g/mol. The predicted molar refractivity (Wildman–Crippen MR) is 238 cm³/mol. The summed E-state index contributed by atoms with van der Waals surface area (Å²) in [6.45, 7) is 0. The summed E-state index contributed by atoms with van der Waals surface area (Å²) in [6.07, 6.45) is 5.92. The molecule has 9 aromatic carbocycles. The molecule has 1 aliphatic carbocycles. The largest absolute Gasteiger partial charge is 0.134 e. The lowest BCUT2D eigenvalue weighted by atomic mass is 9.81. The summed E-state index contributed by atoms with van der Waals surface area (Å²) in [5.74, 6) is 0.306. The third-order valence-corrected chi connectivity index (χ3v) is 14.1. The van der Waals surface area contributed by atoms with Crippen LogP contribution in [0.1, 0.15) is 17.9 Å². The third kappa shape index (κ3) is 4.48. The molecule has 0 N–H and O–H groups in total. The number of benzene rings is 9. The Labute approximate surface area is 320 Å². The molecule has 12 rings (SSSR count). The number of thiophene rings is 2. The van der Waals surface area contributed by atoms with Gasteiger partial charge in [0, 0.05) is 51.8 Å². The smallest absolute Gasteiger partial charge is 0.0449 e. The molecule has 0 bridgehead atoms.